The third-order valence-electron chi connectivity index (χ3n) is 6.01. The number of nitrogens with one attached hydrogen (secondary N) is 2. The summed E-state index contributed by atoms with van der Waals surface area (Å²) in [6.45, 7) is 4.07. The Morgan fingerprint density at radius 2 is 2.12 bits per heavy atom. The summed E-state index contributed by atoms with van der Waals surface area (Å²) in [4.78, 5) is 29.7. The molecule has 1 saturated heterocycles. The van der Waals surface area contributed by atoms with Gasteiger partial charge < -0.3 is 20.1 Å². The number of aromatic amines is 1. The molecule has 1 amide bonds. The fourth-order valence-corrected chi connectivity index (χ4v) is 4.94. The van der Waals surface area contributed by atoms with Gasteiger partial charge >= 0.3 is 4.87 Å². The van der Waals surface area contributed by atoms with Crippen LogP contribution in [-0.4, -0.2) is 51.8 Å². The van der Waals surface area contributed by atoms with E-state index in [9.17, 15) is 19.1 Å². The molecular formula is C22H23FN4O4S. The molecule has 0 aromatic carbocycles. The van der Waals surface area contributed by atoms with Gasteiger partial charge in [-0.15, -0.1) is 0 Å². The maximum Gasteiger partial charge on any atom is 0.310 e. The smallest absolute Gasteiger partial charge is 0.310 e. The third kappa shape index (κ3) is 4.08. The monoisotopic (exact) mass is 458 g/mol. The number of morpholine rings is 1. The van der Waals surface area contributed by atoms with Gasteiger partial charge in [-0.05, 0) is 35.8 Å². The van der Waals surface area contributed by atoms with Crippen molar-refractivity contribution in [3.8, 4) is 5.88 Å². The van der Waals surface area contributed by atoms with Crippen molar-refractivity contribution >= 4 is 23.3 Å². The van der Waals surface area contributed by atoms with E-state index in [0.717, 1.165) is 60.0 Å². The molecule has 2 aliphatic heterocycles. The number of rotatable bonds is 5. The lowest BCUT2D eigenvalue weighted by molar-refractivity contribution is -0.115. The molecule has 1 atom stereocenters. The van der Waals surface area contributed by atoms with E-state index in [2.05, 4.69) is 15.2 Å². The number of aromatic nitrogens is 2. The fraction of sp³-hybridized carbons (Fsp3) is 0.364. The molecule has 1 unspecified atom stereocenters. The van der Waals surface area contributed by atoms with Gasteiger partial charge in [0.1, 0.15) is 5.83 Å². The van der Waals surface area contributed by atoms with Gasteiger partial charge in [0.2, 0.25) is 5.88 Å². The molecule has 3 N–H and O–H groups in total. The summed E-state index contributed by atoms with van der Waals surface area (Å²) in [7, 11) is 0. The molecule has 8 nitrogen and oxygen atoms in total. The number of H-pyrrole nitrogens is 1. The van der Waals surface area contributed by atoms with Gasteiger partial charge in [-0.25, -0.2) is 4.39 Å². The van der Waals surface area contributed by atoms with Crippen molar-refractivity contribution in [1.82, 2.24) is 19.8 Å². The predicted molar refractivity (Wildman–Crippen MR) is 118 cm³/mol. The summed E-state index contributed by atoms with van der Waals surface area (Å²) in [6.07, 6.45) is 5.28. The molecule has 1 fully saturated rings. The topological polar surface area (TPSA) is 99.6 Å². The van der Waals surface area contributed by atoms with Crippen LogP contribution in [0.15, 0.2) is 51.2 Å². The van der Waals surface area contributed by atoms with Crippen molar-refractivity contribution in [2.75, 3.05) is 26.3 Å². The Morgan fingerprint density at radius 3 is 2.88 bits per heavy atom. The normalized spacial score (nSPS) is 22.9. The summed E-state index contributed by atoms with van der Waals surface area (Å²) >= 11 is 0.869. The first-order valence-electron chi connectivity index (χ1n) is 10.5. The predicted octanol–water partition coefficient (Wildman–Crippen LogP) is 2.12. The number of carbonyl (C=O) groups excluding carboxylic acids is 1. The van der Waals surface area contributed by atoms with Crippen LogP contribution in [0.3, 0.4) is 0 Å². The van der Waals surface area contributed by atoms with Gasteiger partial charge in [0.05, 0.1) is 18.6 Å². The highest BCUT2D eigenvalue weighted by molar-refractivity contribution is 7.07. The number of carbonyl (C=O) groups is 1. The van der Waals surface area contributed by atoms with E-state index in [1.54, 1.807) is 6.08 Å². The highest BCUT2D eigenvalue weighted by atomic mass is 32.1. The van der Waals surface area contributed by atoms with Gasteiger partial charge in [0.25, 0.3) is 5.91 Å². The Hall–Kier alpha value is -2.95. The second-order valence-corrected chi connectivity index (χ2v) is 8.98. The van der Waals surface area contributed by atoms with Crippen LogP contribution in [0.5, 0.6) is 5.88 Å². The average molecular weight is 459 g/mol. The number of allylic oxidation sites excluding steroid dienone is 2. The molecule has 0 spiro atoms. The zero-order valence-electron chi connectivity index (χ0n) is 17.3. The minimum atomic E-state index is -0.636. The zero-order valence-corrected chi connectivity index (χ0v) is 18.1. The van der Waals surface area contributed by atoms with Crippen molar-refractivity contribution in [2.24, 2.45) is 5.92 Å². The van der Waals surface area contributed by atoms with E-state index >= 15 is 0 Å². The molecule has 32 heavy (non-hydrogen) atoms. The molecule has 168 valence electrons. The third-order valence-corrected chi connectivity index (χ3v) is 6.76. The number of hydrogen-bond donors (Lipinski definition) is 3. The average Bonchev–Trinajstić information content (AvgIpc) is 3.43. The van der Waals surface area contributed by atoms with Crippen LogP contribution < -0.4 is 10.2 Å². The number of nitrogens with zero attached hydrogens (tertiary/aromatic N) is 2. The molecule has 5 rings (SSSR count). The van der Waals surface area contributed by atoms with Crippen LogP contribution in [0.1, 0.15) is 17.7 Å². The first-order chi connectivity index (χ1) is 15.5. The van der Waals surface area contributed by atoms with E-state index in [-0.39, 0.29) is 29.6 Å². The lowest BCUT2D eigenvalue weighted by atomic mass is 9.88. The second-order valence-electron chi connectivity index (χ2n) is 8.16. The van der Waals surface area contributed by atoms with E-state index in [0.29, 0.717) is 16.8 Å². The number of hydrogen-bond acceptors (Lipinski definition) is 6. The van der Waals surface area contributed by atoms with Gasteiger partial charge in [-0.2, -0.15) is 0 Å². The summed E-state index contributed by atoms with van der Waals surface area (Å²) in [5, 5.41) is 13.9. The van der Waals surface area contributed by atoms with E-state index < -0.39 is 11.7 Å². The molecule has 4 heterocycles. The number of thiazole rings is 1. The van der Waals surface area contributed by atoms with Crippen LogP contribution in [0, 0.1) is 5.92 Å². The first kappa shape index (κ1) is 20.9. The molecule has 10 heteroatoms. The number of aromatic hydroxyl groups is 1. The number of halogens is 1. The molecular weight excluding hydrogens is 435 g/mol. The molecule has 3 aliphatic rings. The Morgan fingerprint density at radius 1 is 1.31 bits per heavy atom. The van der Waals surface area contributed by atoms with Gasteiger partial charge in [-0.3, -0.25) is 19.1 Å². The zero-order chi connectivity index (χ0) is 22.2. The molecule has 2 aromatic rings. The van der Waals surface area contributed by atoms with Crippen LogP contribution in [0.4, 0.5) is 4.39 Å². The van der Waals surface area contributed by atoms with Gasteiger partial charge in [0, 0.05) is 55.3 Å². The summed E-state index contributed by atoms with van der Waals surface area (Å²) < 4.78 is 21.2. The molecule has 0 bridgehead atoms. The lowest BCUT2D eigenvalue weighted by Gasteiger charge is -2.25. The Kier molecular flexibility index (Phi) is 5.58. The second kappa shape index (κ2) is 8.53. The Balaban J connectivity index is 1.35. The van der Waals surface area contributed by atoms with Crippen molar-refractivity contribution in [2.45, 2.75) is 19.5 Å². The largest absolute Gasteiger partial charge is 0.494 e. The standard InChI is InChI=1S/C22H23FN4O4S/c23-18-8-19-16(6-14(18)11-27-20(28)12-32-22(27)30)17(21(29)25-19)7-15-5-13(9-24-15)10-26-1-3-31-4-2-26/h5,7-9,12,14,24,28H,1-4,6,10-11H2,(H,25,29). The number of amides is 1. The van der Waals surface area contributed by atoms with Crippen molar-refractivity contribution < 1.29 is 19.0 Å². The van der Waals surface area contributed by atoms with E-state index in [1.165, 1.54) is 11.5 Å². The van der Waals surface area contributed by atoms with Crippen LogP contribution in [0.2, 0.25) is 0 Å². The number of ether oxygens (including phenoxy) is 1. The maximum atomic E-state index is 14.7. The highest BCUT2D eigenvalue weighted by Gasteiger charge is 2.34. The molecule has 1 aliphatic carbocycles. The minimum absolute atomic E-state index is 0.0148. The van der Waals surface area contributed by atoms with Gasteiger partial charge in [-0.1, -0.05) is 11.3 Å². The minimum Gasteiger partial charge on any atom is -0.494 e. The molecule has 2 aromatic heterocycles. The van der Waals surface area contributed by atoms with Crippen LogP contribution in [-0.2, 0) is 22.6 Å². The van der Waals surface area contributed by atoms with Crippen molar-refractivity contribution in [3.05, 3.63) is 67.3 Å². The summed E-state index contributed by atoms with van der Waals surface area (Å²) in [5.74, 6) is -1.51. The summed E-state index contributed by atoms with van der Waals surface area (Å²) in [6, 6.07) is 2.01. The lowest BCUT2D eigenvalue weighted by Crippen LogP contribution is -2.35. The Bertz CT molecular complexity index is 1200. The van der Waals surface area contributed by atoms with Crippen molar-refractivity contribution in [1.29, 1.82) is 0 Å². The van der Waals surface area contributed by atoms with E-state index in [4.69, 9.17) is 4.74 Å². The fourth-order valence-electron chi connectivity index (χ4n) is 4.31. The van der Waals surface area contributed by atoms with Gasteiger partial charge in [0.15, 0.2) is 0 Å². The SMILES string of the molecule is O=C1NC2=C(CC(Cn3c(O)csc3=O)C(F)=C2)C1=Cc1cc(CN2CCOCC2)c[nH]1. The highest BCUT2D eigenvalue weighted by Crippen LogP contribution is 2.38. The van der Waals surface area contributed by atoms with Crippen molar-refractivity contribution in [3.63, 3.8) is 0 Å². The Labute approximate surface area is 187 Å². The van der Waals surface area contributed by atoms with Crippen LogP contribution in [0.25, 0.3) is 6.08 Å². The van der Waals surface area contributed by atoms with Crippen LogP contribution >= 0.6 is 11.3 Å². The quantitative estimate of drug-likeness (QED) is 0.596. The molecule has 0 saturated carbocycles. The molecule has 0 radical (unpaired) electrons. The van der Waals surface area contributed by atoms with E-state index in [1.807, 2.05) is 12.3 Å². The first-order valence-corrected chi connectivity index (χ1v) is 11.3. The summed E-state index contributed by atoms with van der Waals surface area (Å²) in [5.41, 5.74) is 3.57. The maximum absolute atomic E-state index is 14.7.